The zero-order valence-corrected chi connectivity index (χ0v) is 19.7. The molecule has 1 saturated heterocycles. The summed E-state index contributed by atoms with van der Waals surface area (Å²) >= 11 is 0. The lowest BCUT2D eigenvalue weighted by Crippen LogP contribution is -2.48. The monoisotopic (exact) mass is 462 g/mol. The highest BCUT2D eigenvalue weighted by atomic mass is 16.6. The van der Waals surface area contributed by atoms with Crippen LogP contribution in [0.5, 0.6) is 5.75 Å². The Morgan fingerprint density at radius 2 is 1.79 bits per heavy atom. The summed E-state index contributed by atoms with van der Waals surface area (Å²) in [5.41, 5.74) is 8.26. The second-order valence-electron chi connectivity index (χ2n) is 9.30. The van der Waals surface area contributed by atoms with Crippen molar-refractivity contribution in [3.05, 3.63) is 48.7 Å². The number of aromatic nitrogens is 3. The van der Waals surface area contributed by atoms with E-state index in [1.54, 1.807) is 24.4 Å². The quantitative estimate of drug-likeness (QED) is 0.552. The van der Waals surface area contributed by atoms with E-state index in [1.807, 2.05) is 45.0 Å². The topological polar surface area (TPSA) is 118 Å². The number of nitrogens with zero attached hydrogens (tertiary/aromatic N) is 5. The van der Waals surface area contributed by atoms with E-state index in [2.05, 4.69) is 25.0 Å². The van der Waals surface area contributed by atoms with Gasteiger partial charge in [0.15, 0.2) is 5.82 Å². The Morgan fingerprint density at radius 1 is 1.06 bits per heavy atom. The van der Waals surface area contributed by atoms with Crippen molar-refractivity contribution in [3.63, 3.8) is 0 Å². The van der Waals surface area contributed by atoms with Crippen molar-refractivity contribution in [2.24, 2.45) is 0 Å². The minimum Gasteiger partial charge on any atom is -0.507 e. The Kier molecular flexibility index (Phi) is 6.65. The lowest BCUT2D eigenvalue weighted by molar-refractivity contribution is -0.156. The van der Waals surface area contributed by atoms with Crippen LogP contribution in [0.25, 0.3) is 22.4 Å². The van der Waals surface area contributed by atoms with Gasteiger partial charge in [-0.05, 0) is 51.1 Å². The van der Waals surface area contributed by atoms with Crippen LogP contribution in [0.15, 0.2) is 48.7 Å². The molecule has 0 aliphatic carbocycles. The van der Waals surface area contributed by atoms with Crippen molar-refractivity contribution >= 4 is 17.6 Å². The van der Waals surface area contributed by atoms with E-state index in [0.29, 0.717) is 29.2 Å². The van der Waals surface area contributed by atoms with Gasteiger partial charge < -0.3 is 20.5 Å². The summed E-state index contributed by atoms with van der Waals surface area (Å²) in [6, 6.07) is 12.7. The van der Waals surface area contributed by atoms with Gasteiger partial charge >= 0.3 is 5.97 Å². The largest absolute Gasteiger partial charge is 0.507 e. The van der Waals surface area contributed by atoms with Crippen LogP contribution < -0.4 is 10.6 Å². The molecule has 4 rings (SSSR count). The van der Waals surface area contributed by atoms with Gasteiger partial charge in [0.1, 0.15) is 17.2 Å². The van der Waals surface area contributed by atoms with E-state index in [4.69, 9.17) is 10.5 Å². The van der Waals surface area contributed by atoms with Gasteiger partial charge in [-0.25, -0.2) is 4.98 Å². The molecule has 1 aliphatic heterocycles. The number of carbonyl (C=O) groups is 1. The van der Waals surface area contributed by atoms with E-state index in [0.717, 1.165) is 37.6 Å². The highest BCUT2D eigenvalue weighted by molar-refractivity contribution is 5.79. The van der Waals surface area contributed by atoms with Crippen LogP contribution in [0.4, 0.5) is 11.6 Å². The average molecular weight is 463 g/mol. The average Bonchev–Trinajstić information content (AvgIpc) is 2.79. The number of phenols is 1. The Morgan fingerprint density at radius 3 is 2.44 bits per heavy atom. The lowest BCUT2D eigenvalue weighted by Gasteiger charge is -2.35. The summed E-state index contributed by atoms with van der Waals surface area (Å²) < 4.78 is 5.42. The molecule has 3 heterocycles. The molecule has 0 spiro atoms. The summed E-state index contributed by atoms with van der Waals surface area (Å²) in [4.78, 5) is 21.0. The van der Waals surface area contributed by atoms with Gasteiger partial charge in [-0.3, -0.25) is 9.69 Å². The number of carbonyl (C=O) groups excluding carboxylic acids is 1. The number of anilines is 2. The number of piperazine rings is 1. The summed E-state index contributed by atoms with van der Waals surface area (Å²) in [6.45, 7) is 8.98. The predicted molar refractivity (Wildman–Crippen MR) is 131 cm³/mol. The fourth-order valence-corrected chi connectivity index (χ4v) is 3.88. The molecule has 3 N–H and O–H groups in total. The van der Waals surface area contributed by atoms with Crippen LogP contribution in [0.2, 0.25) is 0 Å². The van der Waals surface area contributed by atoms with Crippen LogP contribution >= 0.6 is 0 Å². The molecule has 0 unspecified atom stereocenters. The molecule has 1 aliphatic rings. The standard InChI is InChI=1S/C25H30N6O3/c1-25(2,3)34-23(33)16-30-10-12-31(13-11-30)22-9-8-17(15-27-22)19-14-20(28-29-24(19)26)18-6-4-5-7-21(18)32/h4-9,14-15,32H,10-13,16H2,1-3H3,(H2,26,29). The normalized spacial score (nSPS) is 14.7. The summed E-state index contributed by atoms with van der Waals surface area (Å²) in [7, 11) is 0. The molecule has 0 bridgehead atoms. The predicted octanol–water partition coefficient (Wildman–Crippen LogP) is 2.96. The van der Waals surface area contributed by atoms with Crippen LogP contribution in [0.1, 0.15) is 20.8 Å². The van der Waals surface area contributed by atoms with Crippen molar-refractivity contribution in [1.82, 2.24) is 20.1 Å². The number of pyridine rings is 1. The number of rotatable bonds is 5. The highest BCUT2D eigenvalue weighted by Crippen LogP contribution is 2.32. The number of esters is 1. The van der Waals surface area contributed by atoms with Crippen molar-refractivity contribution in [2.45, 2.75) is 26.4 Å². The zero-order chi connectivity index (χ0) is 24.3. The highest BCUT2D eigenvalue weighted by Gasteiger charge is 2.23. The Balaban J connectivity index is 1.42. The maximum absolute atomic E-state index is 12.1. The number of aromatic hydroxyl groups is 1. The Labute approximate surface area is 199 Å². The van der Waals surface area contributed by atoms with Crippen molar-refractivity contribution in [3.8, 4) is 28.1 Å². The molecule has 9 heteroatoms. The van der Waals surface area contributed by atoms with Crippen molar-refractivity contribution < 1.29 is 14.6 Å². The van der Waals surface area contributed by atoms with E-state index in [1.165, 1.54) is 0 Å². The maximum Gasteiger partial charge on any atom is 0.320 e. The minimum atomic E-state index is -0.472. The minimum absolute atomic E-state index is 0.131. The van der Waals surface area contributed by atoms with Crippen LogP contribution in [0.3, 0.4) is 0 Å². The first-order chi connectivity index (χ1) is 16.2. The summed E-state index contributed by atoms with van der Waals surface area (Å²) in [6.07, 6.45) is 1.77. The molecular formula is C25H30N6O3. The van der Waals surface area contributed by atoms with Gasteiger partial charge in [-0.15, -0.1) is 10.2 Å². The molecule has 1 fully saturated rings. The van der Waals surface area contributed by atoms with Gasteiger partial charge in [0, 0.05) is 49.1 Å². The second kappa shape index (κ2) is 9.64. The third-order valence-electron chi connectivity index (χ3n) is 5.53. The van der Waals surface area contributed by atoms with Crippen LogP contribution in [-0.4, -0.2) is 69.5 Å². The van der Waals surface area contributed by atoms with Gasteiger partial charge in [0.25, 0.3) is 0 Å². The van der Waals surface area contributed by atoms with Gasteiger partial charge in [-0.1, -0.05) is 12.1 Å². The lowest BCUT2D eigenvalue weighted by atomic mass is 10.0. The zero-order valence-electron chi connectivity index (χ0n) is 19.7. The molecule has 0 radical (unpaired) electrons. The molecule has 9 nitrogen and oxygen atoms in total. The first-order valence-corrected chi connectivity index (χ1v) is 11.3. The molecule has 34 heavy (non-hydrogen) atoms. The second-order valence-corrected chi connectivity index (χ2v) is 9.30. The van der Waals surface area contributed by atoms with Crippen LogP contribution in [-0.2, 0) is 9.53 Å². The number of para-hydroxylation sites is 1. The Bertz CT molecular complexity index is 1150. The third-order valence-corrected chi connectivity index (χ3v) is 5.53. The van der Waals surface area contributed by atoms with Crippen molar-refractivity contribution in [2.75, 3.05) is 43.4 Å². The fraction of sp³-hybridized carbons (Fsp3) is 0.360. The number of benzene rings is 1. The Hall–Kier alpha value is -3.72. The summed E-state index contributed by atoms with van der Waals surface area (Å²) in [5.74, 6) is 1.09. The van der Waals surface area contributed by atoms with E-state index >= 15 is 0 Å². The molecule has 178 valence electrons. The van der Waals surface area contributed by atoms with Gasteiger partial charge in [0.05, 0.1) is 12.2 Å². The number of hydrogen-bond acceptors (Lipinski definition) is 9. The molecular weight excluding hydrogens is 432 g/mol. The number of ether oxygens (including phenoxy) is 1. The molecule has 3 aromatic rings. The number of nitrogen functional groups attached to an aromatic ring is 1. The van der Waals surface area contributed by atoms with E-state index in [-0.39, 0.29) is 11.7 Å². The maximum atomic E-state index is 12.1. The van der Waals surface area contributed by atoms with Gasteiger partial charge in [-0.2, -0.15) is 0 Å². The first kappa shape index (κ1) is 23.4. The molecule has 0 atom stereocenters. The number of nitrogens with two attached hydrogens (primary N) is 1. The molecule has 2 aromatic heterocycles. The van der Waals surface area contributed by atoms with E-state index in [9.17, 15) is 9.90 Å². The van der Waals surface area contributed by atoms with Crippen LogP contribution in [0, 0.1) is 0 Å². The van der Waals surface area contributed by atoms with Crippen molar-refractivity contribution in [1.29, 1.82) is 0 Å². The number of phenolic OH excluding ortho intramolecular Hbond substituents is 1. The molecule has 1 aromatic carbocycles. The summed E-state index contributed by atoms with van der Waals surface area (Å²) in [5, 5.41) is 18.4. The molecule has 0 saturated carbocycles. The smallest absolute Gasteiger partial charge is 0.320 e. The third kappa shape index (κ3) is 5.60. The number of hydrogen-bond donors (Lipinski definition) is 2. The molecule has 0 amide bonds. The fourth-order valence-electron chi connectivity index (χ4n) is 3.88. The van der Waals surface area contributed by atoms with Gasteiger partial charge in [0.2, 0.25) is 0 Å². The van der Waals surface area contributed by atoms with E-state index < -0.39 is 5.60 Å². The first-order valence-electron chi connectivity index (χ1n) is 11.3. The SMILES string of the molecule is CC(C)(C)OC(=O)CN1CCN(c2ccc(-c3cc(-c4ccccc4O)nnc3N)cn2)CC1.